The molecule has 0 fully saturated rings. The average molecular weight is 454 g/mol. The smallest absolute Gasteiger partial charge is 0.162 e. The number of anilines is 1. The quantitative estimate of drug-likeness (QED) is 0.399. The van der Waals surface area contributed by atoms with Crippen molar-refractivity contribution in [2.24, 2.45) is 0 Å². The SMILES string of the molecule is CCOc1cc(CNc2ccc(C)c(C)c2)c(Br)cc1OCc1ccc(C)cc1. The number of benzene rings is 3. The fourth-order valence-electron chi connectivity index (χ4n) is 2.99. The van der Waals surface area contributed by atoms with Gasteiger partial charge in [-0.25, -0.2) is 0 Å². The molecule has 0 atom stereocenters. The van der Waals surface area contributed by atoms with Gasteiger partial charge in [0.25, 0.3) is 0 Å². The number of rotatable bonds is 8. The summed E-state index contributed by atoms with van der Waals surface area (Å²) in [5.74, 6) is 1.51. The van der Waals surface area contributed by atoms with Gasteiger partial charge in [0.15, 0.2) is 11.5 Å². The first-order valence-electron chi connectivity index (χ1n) is 9.91. The van der Waals surface area contributed by atoms with Crippen molar-refractivity contribution in [3.8, 4) is 11.5 Å². The maximum Gasteiger partial charge on any atom is 0.162 e. The van der Waals surface area contributed by atoms with Gasteiger partial charge in [-0.2, -0.15) is 0 Å². The van der Waals surface area contributed by atoms with Gasteiger partial charge >= 0.3 is 0 Å². The highest BCUT2D eigenvalue weighted by Crippen LogP contribution is 2.35. The molecule has 0 saturated carbocycles. The van der Waals surface area contributed by atoms with Crippen molar-refractivity contribution in [1.82, 2.24) is 0 Å². The summed E-state index contributed by atoms with van der Waals surface area (Å²) < 4.78 is 12.9. The van der Waals surface area contributed by atoms with E-state index in [-0.39, 0.29) is 0 Å². The van der Waals surface area contributed by atoms with Crippen molar-refractivity contribution in [3.63, 3.8) is 0 Å². The van der Waals surface area contributed by atoms with Crippen LogP contribution in [0.3, 0.4) is 0 Å². The van der Waals surface area contributed by atoms with Crippen molar-refractivity contribution in [3.05, 3.63) is 86.9 Å². The number of aryl methyl sites for hydroxylation is 3. The van der Waals surface area contributed by atoms with Crippen LogP contribution in [0.5, 0.6) is 11.5 Å². The standard InChI is InChI=1S/C25H28BrNO2/c1-5-28-24-13-21(15-27-22-11-8-18(3)19(4)12-22)23(26)14-25(24)29-16-20-9-6-17(2)7-10-20/h6-14,27H,5,15-16H2,1-4H3. The molecule has 0 saturated heterocycles. The Bertz CT molecular complexity index is 967. The van der Waals surface area contributed by atoms with Crippen molar-refractivity contribution in [2.75, 3.05) is 11.9 Å². The molecule has 0 aromatic heterocycles. The second-order valence-corrected chi connectivity index (χ2v) is 8.10. The summed E-state index contributed by atoms with van der Waals surface area (Å²) in [6.07, 6.45) is 0. The maximum atomic E-state index is 6.07. The molecule has 0 aliphatic heterocycles. The third-order valence-corrected chi connectivity index (χ3v) is 5.66. The molecule has 3 nitrogen and oxygen atoms in total. The van der Waals surface area contributed by atoms with Crippen LogP contribution in [0.2, 0.25) is 0 Å². The molecule has 0 aliphatic rings. The lowest BCUT2D eigenvalue weighted by Crippen LogP contribution is -2.04. The van der Waals surface area contributed by atoms with Gasteiger partial charge < -0.3 is 14.8 Å². The average Bonchev–Trinajstić information content (AvgIpc) is 2.70. The highest BCUT2D eigenvalue weighted by molar-refractivity contribution is 9.10. The molecule has 0 heterocycles. The minimum absolute atomic E-state index is 0.507. The molecule has 152 valence electrons. The van der Waals surface area contributed by atoms with E-state index in [1.165, 1.54) is 16.7 Å². The first kappa shape index (κ1) is 21.3. The molecule has 0 radical (unpaired) electrons. The van der Waals surface area contributed by atoms with Crippen LogP contribution in [0.1, 0.15) is 34.7 Å². The van der Waals surface area contributed by atoms with Gasteiger partial charge in [-0.3, -0.25) is 0 Å². The maximum absolute atomic E-state index is 6.07. The largest absolute Gasteiger partial charge is 0.490 e. The number of nitrogens with one attached hydrogen (secondary N) is 1. The summed E-state index contributed by atoms with van der Waals surface area (Å²) in [5, 5.41) is 3.50. The lowest BCUT2D eigenvalue weighted by molar-refractivity contribution is 0.269. The zero-order valence-corrected chi connectivity index (χ0v) is 19.1. The lowest BCUT2D eigenvalue weighted by atomic mass is 10.1. The number of hydrogen-bond donors (Lipinski definition) is 1. The number of ether oxygens (including phenoxy) is 2. The molecular weight excluding hydrogens is 426 g/mol. The van der Waals surface area contributed by atoms with E-state index in [0.29, 0.717) is 19.8 Å². The Kier molecular flexibility index (Phi) is 7.21. The molecule has 1 N–H and O–H groups in total. The van der Waals surface area contributed by atoms with Crippen LogP contribution in [0, 0.1) is 20.8 Å². The lowest BCUT2D eigenvalue weighted by Gasteiger charge is -2.16. The number of halogens is 1. The van der Waals surface area contributed by atoms with Crippen LogP contribution in [0.4, 0.5) is 5.69 Å². The van der Waals surface area contributed by atoms with Gasteiger partial charge in [0.2, 0.25) is 0 Å². The monoisotopic (exact) mass is 453 g/mol. The first-order chi connectivity index (χ1) is 14.0. The van der Waals surface area contributed by atoms with E-state index in [1.54, 1.807) is 0 Å². The topological polar surface area (TPSA) is 30.5 Å². The van der Waals surface area contributed by atoms with Crippen LogP contribution in [-0.2, 0) is 13.2 Å². The highest BCUT2D eigenvalue weighted by Gasteiger charge is 2.12. The summed E-state index contributed by atoms with van der Waals surface area (Å²) in [6, 6.07) is 18.8. The van der Waals surface area contributed by atoms with Gasteiger partial charge in [-0.1, -0.05) is 51.8 Å². The minimum Gasteiger partial charge on any atom is -0.490 e. The van der Waals surface area contributed by atoms with E-state index < -0.39 is 0 Å². The van der Waals surface area contributed by atoms with Gasteiger partial charge in [-0.15, -0.1) is 0 Å². The Labute approximate surface area is 182 Å². The normalized spacial score (nSPS) is 10.7. The van der Waals surface area contributed by atoms with Crippen molar-refractivity contribution in [2.45, 2.75) is 40.8 Å². The summed E-state index contributed by atoms with van der Waals surface area (Å²) in [5.41, 5.74) is 7.18. The van der Waals surface area contributed by atoms with Crippen LogP contribution in [0.25, 0.3) is 0 Å². The molecule has 0 unspecified atom stereocenters. The van der Waals surface area contributed by atoms with E-state index in [1.807, 2.05) is 19.1 Å². The molecule has 0 amide bonds. The fourth-order valence-corrected chi connectivity index (χ4v) is 3.45. The predicted molar refractivity (Wildman–Crippen MR) is 124 cm³/mol. The molecular formula is C25H28BrNO2. The molecule has 3 aromatic rings. The molecule has 4 heteroatoms. The van der Waals surface area contributed by atoms with Crippen LogP contribution >= 0.6 is 15.9 Å². The zero-order chi connectivity index (χ0) is 20.8. The van der Waals surface area contributed by atoms with Crippen molar-refractivity contribution in [1.29, 1.82) is 0 Å². The highest BCUT2D eigenvalue weighted by atomic mass is 79.9. The number of hydrogen-bond acceptors (Lipinski definition) is 3. The Hall–Kier alpha value is -2.46. The summed E-state index contributed by atoms with van der Waals surface area (Å²) in [4.78, 5) is 0. The van der Waals surface area contributed by atoms with Crippen molar-refractivity contribution >= 4 is 21.6 Å². The Morgan fingerprint density at radius 1 is 0.828 bits per heavy atom. The summed E-state index contributed by atoms with van der Waals surface area (Å²) in [7, 11) is 0. The van der Waals surface area contributed by atoms with Gasteiger partial charge in [0.1, 0.15) is 6.61 Å². The second-order valence-electron chi connectivity index (χ2n) is 7.25. The van der Waals surface area contributed by atoms with E-state index in [9.17, 15) is 0 Å². The van der Waals surface area contributed by atoms with Crippen LogP contribution < -0.4 is 14.8 Å². The van der Waals surface area contributed by atoms with E-state index in [0.717, 1.165) is 32.8 Å². The molecule has 0 bridgehead atoms. The van der Waals surface area contributed by atoms with Crippen molar-refractivity contribution < 1.29 is 9.47 Å². The second kappa shape index (κ2) is 9.84. The Morgan fingerprint density at radius 3 is 2.24 bits per heavy atom. The van der Waals surface area contributed by atoms with Gasteiger partial charge in [0, 0.05) is 16.7 Å². The van der Waals surface area contributed by atoms with Crippen LogP contribution in [0.15, 0.2) is 59.1 Å². The Balaban J connectivity index is 1.74. The Morgan fingerprint density at radius 2 is 1.55 bits per heavy atom. The van der Waals surface area contributed by atoms with E-state index >= 15 is 0 Å². The molecule has 0 spiro atoms. The summed E-state index contributed by atoms with van der Waals surface area (Å²) >= 11 is 3.69. The van der Waals surface area contributed by atoms with Crippen LogP contribution in [-0.4, -0.2) is 6.61 Å². The van der Waals surface area contributed by atoms with Gasteiger partial charge in [0.05, 0.1) is 6.61 Å². The summed E-state index contributed by atoms with van der Waals surface area (Å²) in [6.45, 7) is 10.1. The third kappa shape index (κ3) is 5.77. The van der Waals surface area contributed by atoms with Gasteiger partial charge in [-0.05, 0) is 74.2 Å². The minimum atomic E-state index is 0.507. The molecule has 3 aromatic carbocycles. The van der Waals surface area contributed by atoms with E-state index in [2.05, 4.69) is 84.5 Å². The first-order valence-corrected chi connectivity index (χ1v) is 10.7. The zero-order valence-electron chi connectivity index (χ0n) is 17.5. The molecule has 0 aliphatic carbocycles. The molecule has 3 rings (SSSR count). The predicted octanol–water partition coefficient (Wildman–Crippen LogP) is 6.96. The fraction of sp³-hybridized carbons (Fsp3) is 0.280. The van der Waals surface area contributed by atoms with E-state index in [4.69, 9.17) is 9.47 Å². The molecule has 29 heavy (non-hydrogen) atoms. The third-order valence-electron chi connectivity index (χ3n) is 4.92.